The molecule has 0 aromatic carbocycles. The van der Waals surface area contributed by atoms with Gasteiger partial charge in [0.25, 0.3) is 0 Å². The van der Waals surface area contributed by atoms with E-state index in [9.17, 15) is 0 Å². The molecule has 0 radical (unpaired) electrons. The van der Waals surface area contributed by atoms with Crippen LogP contribution in [0.3, 0.4) is 0 Å². The Morgan fingerprint density at radius 1 is 1.69 bits per heavy atom. The summed E-state index contributed by atoms with van der Waals surface area (Å²) in [7, 11) is 2.07. The van der Waals surface area contributed by atoms with Gasteiger partial charge in [-0.05, 0) is 13.0 Å². The van der Waals surface area contributed by atoms with Gasteiger partial charge in [-0.2, -0.15) is 0 Å². The van der Waals surface area contributed by atoms with E-state index < -0.39 is 0 Å². The summed E-state index contributed by atoms with van der Waals surface area (Å²) in [4.78, 5) is 6.24. The maximum absolute atomic E-state index is 5.95. The van der Waals surface area contributed by atoms with Crippen LogP contribution >= 0.6 is 11.6 Å². The van der Waals surface area contributed by atoms with E-state index in [1.807, 2.05) is 6.07 Å². The fraction of sp³-hybridized carbons (Fsp3) is 0.444. The number of halogens is 1. The molecule has 13 heavy (non-hydrogen) atoms. The van der Waals surface area contributed by atoms with Gasteiger partial charge in [0.05, 0.1) is 11.4 Å². The number of pyridine rings is 1. The number of hydrogen-bond acceptors (Lipinski definition) is 3. The zero-order valence-electron chi connectivity index (χ0n) is 7.71. The lowest BCUT2D eigenvalue weighted by Gasteiger charge is -2.34. The Kier molecular flexibility index (Phi) is 2.04. The molecule has 1 aliphatic heterocycles. The van der Waals surface area contributed by atoms with Gasteiger partial charge in [-0.1, -0.05) is 11.6 Å². The van der Waals surface area contributed by atoms with Crippen molar-refractivity contribution in [3.8, 4) is 0 Å². The number of aromatic nitrogens is 1. The second-order valence-electron chi connectivity index (χ2n) is 3.34. The molecule has 0 amide bonds. The Bertz CT molecular complexity index is 327. The highest BCUT2D eigenvalue weighted by atomic mass is 35.5. The molecule has 70 valence electrons. The molecule has 2 heterocycles. The molecule has 1 aromatic rings. The number of fused-ring (bicyclic) bond motifs is 1. The van der Waals surface area contributed by atoms with E-state index in [-0.39, 0.29) is 0 Å². The largest absolute Gasteiger partial charge is 0.379 e. The lowest BCUT2D eigenvalue weighted by atomic mass is 10.2. The van der Waals surface area contributed by atoms with Gasteiger partial charge in [0.2, 0.25) is 0 Å². The van der Waals surface area contributed by atoms with Crippen molar-refractivity contribution in [2.24, 2.45) is 0 Å². The SMILES string of the molecule is CC1CNc2c(ccnc2Cl)N1C. The molecular formula is C9H12ClN3. The van der Waals surface area contributed by atoms with Crippen LogP contribution in [0.5, 0.6) is 0 Å². The zero-order valence-corrected chi connectivity index (χ0v) is 8.47. The molecule has 1 unspecified atom stereocenters. The minimum absolute atomic E-state index is 0.492. The summed E-state index contributed by atoms with van der Waals surface area (Å²) in [5, 5.41) is 3.83. The molecule has 1 aromatic heterocycles. The first kappa shape index (κ1) is 8.63. The van der Waals surface area contributed by atoms with Gasteiger partial charge in [-0.3, -0.25) is 0 Å². The van der Waals surface area contributed by atoms with Crippen LogP contribution in [0.1, 0.15) is 6.92 Å². The molecule has 3 nitrogen and oxygen atoms in total. The topological polar surface area (TPSA) is 28.2 Å². The first-order chi connectivity index (χ1) is 6.20. The molecule has 1 N–H and O–H groups in total. The Hall–Kier alpha value is -0.960. The Balaban J connectivity index is 2.49. The summed E-state index contributed by atoms with van der Waals surface area (Å²) in [6, 6.07) is 2.47. The Labute approximate surface area is 82.7 Å². The predicted molar refractivity (Wildman–Crippen MR) is 55.6 cm³/mol. The molecule has 1 atom stereocenters. The molecule has 0 saturated carbocycles. The second-order valence-corrected chi connectivity index (χ2v) is 3.69. The average Bonchev–Trinajstić information content (AvgIpc) is 2.12. The number of nitrogens with one attached hydrogen (secondary N) is 1. The van der Waals surface area contributed by atoms with E-state index >= 15 is 0 Å². The first-order valence-corrected chi connectivity index (χ1v) is 4.69. The van der Waals surface area contributed by atoms with Crippen molar-refractivity contribution in [1.82, 2.24) is 4.98 Å². The number of anilines is 2. The average molecular weight is 198 g/mol. The molecule has 4 heteroatoms. The lowest BCUT2D eigenvalue weighted by molar-refractivity contribution is 0.698. The molecule has 0 fully saturated rings. The fourth-order valence-electron chi connectivity index (χ4n) is 1.51. The van der Waals surface area contributed by atoms with Crippen LogP contribution < -0.4 is 10.2 Å². The standard InChI is InChI=1S/C9H12ClN3/c1-6-5-12-8-7(13(6)2)3-4-11-9(8)10/h3-4,6,12H,5H2,1-2H3. The highest BCUT2D eigenvalue weighted by molar-refractivity contribution is 6.32. The highest BCUT2D eigenvalue weighted by Crippen LogP contribution is 2.34. The predicted octanol–water partition coefficient (Wildman–Crippen LogP) is 1.99. The summed E-state index contributed by atoms with van der Waals surface area (Å²) in [5.41, 5.74) is 2.07. The van der Waals surface area contributed by atoms with Crippen molar-refractivity contribution in [1.29, 1.82) is 0 Å². The maximum Gasteiger partial charge on any atom is 0.154 e. The third-order valence-electron chi connectivity index (χ3n) is 2.50. The minimum Gasteiger partial charge on any atom is -0.379 e. The fourth-order valence-corrected chi connectivity index (χ4v) is 1.73. The summed E-state index contributed by atoms with van der Waals surface area (Å²) < 4.78 is 0. The van der Waals surface area contributed by atoms with Crippen molar-refractivity contribution >= 4 is 23.0 Å². The highest BCUT2D eigenvalue weighted by Gasteiger charge is 2.21. The molecule has 2 rings (SSSR count). The van der Waals surface area contributed by atoms with Gasteiger partial charge in [0, 0.05) is 25.8 Å². The molecule has 0 bridgehead atoms. The molecule has 1 aliphatic rings. The summed E-state index contributed by atoms with van der Waals surface area (Å²) in [6.45, 7) is 3.08. The third kappa shape index (κ3) is 1.33. The van der Waals surface area contributed by atoms with Crippen LogP contribution in [0.4, 0.5) is 11.4 Å². The minimum atomic E-state index is 0.492. The van der Waals surface area contributed by atoms with Crippen molar-refractivity contribution in [3.63, 3.8) is 0 Å². The summed E-state index contributed by atoms with van der Waals surface area (Å²) in [6.07, 6.45) is 1.73. The van der Waals surface area contributed by atoms with Crippen LogP contribution in [0.25, 0.3) is 0 Å². The lowest BCUT2D eigenvalue weighted by Crippen LogP contribution is -2.39. The molecule has 0 aliphatic carbocycles. The van der Waals surface area contributed by atoms with E-state index in [0.717, 1.165) is 17.9 Å². The molecular weight excluding hydrogens is 186 g/mol. The van der Waals surface area contributed by atoms with Crippen molar-refractivity contribution in [3.05, 3.63) is 17.4 Å². The van der Waals surface area contributed by atoms with Crippen LogP contribution in [-0.2, 0) is 0 Å². The number of hydrogen-bond donors (Lipinski definition) is 1. The van der Waals surface area contributed by atoms with Crippen molar-refractivity contribution in [2.75, 3.05) is 23.8 Å². The number of likely N-dealkylation sites (N-methyl/N-ethyl adjacent to an activating group) is 1. The number of nitrogens with zero attached hydrogens (tertiary/aromatic N) is 2. The second kappa shape index (κ2) is 3.07. The monoisotopic (exact) mass is 197 g/mol. The molecule has 0 spiro atoms. The van der Waals surface area contributed by atoms with E-state index in [1.54, 1.807) is 6.20 Å². The van der Waals surface area contributed by atoms with E-state index in [0.29, 0.717) is 11.2 Å². The number of rotatable bonds is 0. The van der Waals surface area contributed by atoms with Crippen LogP contribution in [0, 0.1) is 0 Å². The van der Waals surface area contributed by atoms with Gasteiger partial charge >= 0.3 is 0 Å². The van der Waals surface area contributed by atoms with Crippen LogP contribution in [0.15, 0.2) is 12.3 Å². The van der Waals surface area contributed by atoms with Gasteiger partial charge in [-0.15, -0.1) is 0 Å². The third-order valence-corrected chi connectivity index (χ3v) is 2.78. The van der Waals surface area contributed by atoms with E-state index in [1.165, 1.54) is 0 Å². The van der Waals surface area contributed by atoms with Crippen LogP contribution in [-0.4, -0.2) is 24.6 Å². The van der Waals surface area contributed by atoms with Gasteiger partial charge in [0.1, 0.15) is 0 Å². The van der Waals surface area contributed by atoms with Gasteiger partial charge in [0.15, 0.2) is 5.15 Å². The molecule has 0 saturated heterocycles. The Morgan fingerprint density at radius 2 is 2.46 bits per heavy atom. The first-order valence-electron chi connectivity index (χ1n) is 4.31. The van der Waals surface area contributed by atoms with Crippen molar-refractivity contribution < 1.29 is 0 Å². The maximum atomic E-state index is 5.95. The van der Waals surface area contributed by atoms with Crippen LogP contribution in [0.2, 0.25) is 5.15 Å². The summed E-state index contributed by atoms with van der Waals surface area (Å²) >= 11 is 5.95. The summed E-state index contributed by atoms with van der Waals surface area (Å²) in [5.74, 6) is 0. The van der Waals surface area contributed by atoms with Gasteiger partial charge in [-0.25, -0.2) is 4.98 Å². The van der Waals surface area contributed by atoms with Gasteiger partial charge < -0.3 is 10.2 Å². The zero-order chi connectivity index (χ0) is 9.42. The van der Waals surface area contributed by atoms with Crippen molar-refractivity contribution in [2.45, 2.75) is 13.0 Å². The quantitative estimate of drug-likeness (QED) is 0.645. The Morgan fingerprint density at radius 3 is 3.23 bits per heavy atom. The normalized spacial score (nSPS) is 20.8. The smallest absolute Gasteiger partial charge is 0.154 e. The van der Waals surface area contributed by atoms with E-state index in [2.05, 4.69) is 29.2 Å². The van der Waals surface area contributed by atoms with E-state index in [4.69, 9.17) is 11.6 Å².